The summed E-state index contributed by atoms with van der Waals surface area (Å²) in [7, 11) is 1.20. The molecule has 5 nitrogen and oxygen atoms in total. The van der Waals surface area contributed by atoms with Crippen molar-refractivity contribution in [2.75, 3.05) is 7.11 Å². The van der Waals surface area contributed by atoms with Gasteiger partial charge in [0, 0.05) is 6.20 Å². The van der Waals surface area contributed by atoms with Crippen molar-refractivity contribution in [3.8, 4) is 0 Å². The Balaban J connectivity index is 3.07. The molecule has 0 radical (unpaired) electrons. The largest absolute Gasteiger partial charge is 0.477 e. The van der Waals surface area contributed by atoms with Gasteiger partial charge in [0.15, 0.2) is 0 Å². The molecule has 1 aromatic heterocycles. The quantitative estimate of drug-likeness (QED) is 0.632. The number of hydrogen-bond donors (Lipinski definition) is 2. The molecule has 0 bridgehead atoms. The molecule has 1 heterocycles. The van der Waals surface area contributed by atoms with Crippen LogP contribution in [0.3, 0.4) is 0 Å². The molecule has 0 amide bonds. The first-order valence-electron chi connectivity index (χ1n) is 3.15. The molecule has 64 valence electrons. The lowest BCUT2D eigenvalue weighted by Gasteiger charge is -1.96. The van der Waals surface area contributed by atoms with Crippen LogP contribution in [-0.2, 0) is 4.74 Å². The van der Waals surface area contributed by atoms with Crippen LogP contribution in [0.4, 0.5) is 0 Å². The van der Waals surface area contributed by atoms with Gasteiger partial charge in [-0.15, -0.1) is 0 Å². The van der Waals surface area contributed by atoms with Crippen LogP contribution >= 0.6 is 0 Å². The van der Waals surface area contributed by atoms with Gasteiger partial charge in [-0.25, -0.2) is 9.59 Å². The number of aromatic nitrogens is 1. The first-order valence-corrected chi connectivity index (χ1v) is 3.15. The predicted octanol–water partition coefficient (Wildman–Crippen LogP) is 0.499. The number of carbonyl (C=O) groups is 2. The number of methoxy groups -OCH3 is 1. The Kier molecular flexibility index (Phi) is 2.14. The second-order valence-electron chi connectivity index (χ2n) is 2.06. The maximum atomic E-state index is 10.9. The first kappa shape index (κ1) is 8.32. The topological polar surface area (TPSA) is 79.4 Å². The number of nitrogens with one attached hydrogen (secondary N) is 1. The van der Waals surface area contributed by atoms with Crippen molar-refractivity contribution in [1.82, 2.24) is 4.98 Å². The minimum atomic E-state index is -1.18. The molecule has 12 heavy (non-hydrogen) atoms. The van der Waals surface area contributed by atoms with E-state index in [0.29, 0.717) is 0 Å². The molecule has 0 fully saturated rings. The molecule has 1 rings (SSSR count). The molecule has 0 saturated carbocycles. The number of carbonyl (C=O) groups excluding carboxylic acids is 1. The average Bonchev–Trinajstić information content (AvgIpc) is 2.50. The molecule has 0 aliphatic heterocycles. The first-order chi connectivity index (χ1) is 5.66. The van der Waals surface area contributed by atoms with E-state index in [1.54, 1.807) is 0 Å². The van der Waals surface area contributed by atoms with Crippen molar-refractivity contribution in [1.29, 1.82) is 0 Å². The number of ether oxygens (including phenoxy) is 1. The summed E-state index contributed by atoms with van der Waals surface area (Å²) in [6.07, 6.45) is 1.37. The molecule has 2 N–H and O–H groups in total. The van der Waals surface area contributed by atoms with Gasteiger partial charge >= 0.3 is 11.9 Å². The van der Waals surface area contributed by atoms with Crippen LogP contribution in [0.15, 0.2) is 12.3 Å². The Labute approximate surface area is 68.0 Å². The fourth-order valence-corrected chi connectivity index (χ4v) is 0.826. The number of carboxylic acids is 1. The van der Waals surface area contributed by atoms with E-state index in [4.69, 9.17) is 5.11 Å². The molecule has 0 atom stereocenters. The normalized spacial score (nSPS) is 9.42. The van der Waals surface area contributed by atoms with Crippen LogP contribution in [0.5, 0.6) is 0 Å². The summed E-state index contributed by atoms with van der Waals surface area (Å²) < 4.78 is 4.36. The molecule has 0 saturated heterocycles. The molecular weight excluding hydrogens is 162 g/mol. The Morgan fingerprint density at radius 2 is 2.25 bits per heavy atom. The fourth-order valence-electron chi connectivity index (χ4n) is 0.826. The van der Waals surface area contributed by atoms with Gasteiger partial charge in [0.05, 0.1) is 12.7 Å². The summed E-state index contributed by atoms with van der Waals surface area (Å²) in [5.74, 6) is -1.84. The van der Waals surface area contributed by atoms with Crippen LogP contribution < -0.4 is 0 Å². The summed E-state index contributed by atoms with van der Waals surface area (Å²) in [6, 6.07) is 1.36. The SMILES string of the molecule is COC(=O)c1cc[nH]c1C(=O)O. The Morgan fingerprint density at radius 3 is 2.75 bits per heavy atom. The summed E-state index contributed by atoms with van der Waals surface area (Å²) >= 11 is 0. The second kappa shape index (κ2) is 3.08. The van der Waals surface area contributed by atoms with Crippen molar-refractivity contribution in [2.45, 2.75) is 0 Å². The highest BCUT2D eigenvalue weighted by Crippen LogP contribution is 2.07. The molecule has 5 heteroatoms. The number of esters is 1. The van der Waals surface area contributed by atoms with Crippen molar-refractivity contribution in [3.05, 3.63) is 23.5 Å². The van der Waals surface area contributed by atoms with Crippen LogP contribution in [0.1, 0.15) is 20.8 Å². The Hall–Kier alpha value is -1.78. The lowest BCUT2D eigenvalue weighted by Crippen LogP contribution is -2.08. The van der Waals surface area contributed by atoms with Crippen molar-refractivity contribution in [2.24, 2.45) is 0 Å². The van der Waals surface area contributed by atoms with Crippen molar-refractivity contribution < 1.29 is 19.4 Å². The number of rotatable bonds is 2. The standard InChI is InChI=1S/C7H7NO4/c1-12-7(11)4-2-3-8-5(4)6(9)10/h2-3,8H,1H3,(H,9,10). The number of hydrogen-bond acceptors (Lipinski definition) is 3. The molecule has 0 aromatic carbocycles. The molecule has 0 spiro atoms. The van der Waals surface area contributed by atoms with E-state index in [0.717, 1.165) is 0 Å². The fraction of sp³-hybridized carbons (Fsp3) is 0.143. The van der Waals surface area contributed by atoms with E-state index in [2.05, 4.69) is 9.72 Å². The summed E-state index contributed by atoms with van der Waals surface area (Å²) in [4.78, 5) is 23.8. The number of H-pyrrole nitrogens is 1. The van der Waals surface area contributed by atoms with Crippen molar-refractivity contribution >= 4 is 11.9 Å². The van der Waals surface area contributed by atoms with E-state index < -0.39 is 11.9 Å². The zero-order valence-corrected chi connectivity index (χ0v) is 6.33. The van der Waals surface area contributed by atoms with Crippen LogP contribution in [0, 0.1) is 0 Å². The zero-order valence-electron chi connectivity index (χ0n) is 6.33. The maximum Gasteiger partial charge on any atom is 0.353 e. The average molecular weight is 169 g/mol. The maximum absolute atomic E-state index is 10.9. The van der Waals surface area contributed by atoms with Gasteiger partial charge in [-0.05, 0) is 6.07 Å². The van der Waals surface area contributed by atoms with Crippen LogP contribution in [0.25, 0.3) is 0 Å². The van der Waals surface area contributed by atoms with E-state index in [1.807, 2.05) is 0 Å². The van der Waals surface area contributed by atoms with Gasteiger partial charge in [-0.1, -0.05) is 0 Å². The Morgan fingerprint density at radius 1 is 1.58 bits per heavy atom. The molecular formula is C7H7NO4. The van der Waals surface area contributed by atoms with E-state index in [9.17, 15) is 9.59 Å². The third-order valence-electron chi connectivity index (χ3n) is 1.37. The highest BCUT2D eigenvalue weighted by Gasteiger charge is 2.17. The van der Waals surface area contributed by atoms with E-state index in [1.165, 1.54) is 19.4 Å². The smallest absolute Gasteiger partial charge is 0.353 e. The van der Waals surface area contributed by atoms with Gasteiger partial charge in [0.2, 0.25) is 0 Å². The predicted molar refractivity (Wildman–Crippen MR) is 39.1 cm³/mol. The van der Waals surface area contributed by atoms with Gasteiger partial charge in [-0.3, -0.25) is 0 Å². The minimum Gasteiger partial charge on any atom is -0.477 e. The molecule has 0 aliphatic carbocycles. The number of carboxylic acid groups (broad SMARTS) is 1. The summed E-state index contributed by atoms with van der Waals surface area (Å²) in [6.45, 7) is 0. The van der Waals surface area contributed by atoms with Gasteiger partial charge < -0.3 is 14.8 Å². The summed E-state index contributed by atoms with van der Waals surface area (Å²) in [5.41, 5.74) is -0.119. The van der Waals surface area contributed by atoms with E-state index >= 15 is 0 Å². The van der Waals surface area contributed by atoms with Gasteiger partial charge in [0.1, 0.15) is 5.69 Å². The number of aromatic amines is 1. The molecule has 0 unspecified atom stereocenters. The number of aromatic carboxylic acids is 1. The zero-order chi connectivity index (χ0) is 9.14. The highest BCUT2D eigenvalue weighted by atomic mass is 16.5. The molecule has 0 aliphatic rings. The van der Waals surface area contributed by atoms with Crippen LogP contribution in [-0.4, -0.2) is 29.1 Å². The third-order valence-corrected chi connectivity index (χ3v) is 1.37. The van der Waals surface area contributed by atoms with Crippen molar-refractivity contribution in [3.63, 3.8) is 0 Å². The lowest BCUT2D eigenvalue weighted by molar-refractivity contribution is 0.0582. The van der Waals surface area contributed by atoms with Crippen LogP contribution in [0.2, 0.25) is 0 Å². The van der Waals surface area contributed by atoms with E-state index in [-0.39, 0.29) is 11.3 Å². The highest BCUT2D eigenvalue weighted by molar-refractivity contribution is 6.01. The van der Waals surface area contributed by atoms with Gasteiger partial charge in [-0.2, -0.15) is 0 Å². The second-order valence-corrected chi connectivity index (χ2v) is 2.06. The molecule has 1 aromatic rings. The minimum absolute atomic E-state index is 0.0324. The monoisotopic (exact) mass is 169 g/mol. The Bertz CT molecular complexity index is 315. The third kappa shape index (κ3) is 1.29. The lowest BCUT2D eigenvalue weighted by atomic mass is 10.2. The van der Waals surface area contributed by atoms with Gasteiger partial charge in [0.25, 0.3) is 0 Å². The summed E-state index contributed by atoms with van der Waals surface area (Å²) in [5, 5.41) is 8.56.